The van der Waals surface area contributed by atoms with Gasteiger partial charge in [-0.1, -0.05) is 26.2 Å². The number of unbranched alkanes of at least 4 members (excludes halogenated alkanes) is 3. The third-order valence-electron chi connectivity index (χ3n) is 5.51. The fraction of sp³-hybridized carbons (Fsp3) is 0.941. The summed E-state index contributed by atoms with van der Waals surface area (Å²) < 4.78 is 0. The van der Waals surface area contributed by atoms with Crippen molar-refractivity contribution in [1.29, 1.82) is 0 Å². The lowest BCUT2D eigenvalue weighted by molar-refractivity contribution is -0.131. The van der Waals surface area contributed by atoms with Gasteiger partial charge in [0, 0.05) is 20.0 Å². The first-order valence-corrected chi connectivity index (χ1v) is 8.63. The zero-order valence-electron chi connectivity index (χ0n) is 13.5. The average Bonchev–Trinajstić information content (AvgIpc) is 2.46. The standard InChI is InChI=1S/C17H32N2O/c1-3-4-5-6-11-18-12-7-17(8-13-18)9-14-19(15-10-17)16(2)20/h3-15H2,1-2H3. The Labute approximate surface area is 124 Å². The van der Waals surface area contributed by atoms with Crippen molar-refractivity contribution in [2.24, 2.45) is 5.41 Å². The number of hydrogen-bond donors (Lipinski definition) is 0. The topological polar surface area (TPSA) is 23.6 Å². The summed E-state index contributed by atoms with van der Waals surface area (Å²) in [7, 11) is 0. The highest BCUT2D eigenvalue weighted by molar-refractivity contribution is 5.73. The van der Waals surface area contributed by atoms with Crippen molar-refractivity contribution in [2.45, 2.75) is 65.2 Å². The van der Waals surface area contributed by atoms with E-state index in [9.17, 15) is 4.79 Å². The van der Waals surface area contributed by atoms with Crippen LogP contribution < -0.4 is 0 Å². The number of carbonyl (C=O) groups excluding carboxylic acids is 1. The molecule has 1 amide bonds. The molecule has 20 heavy (non-hydrogen) atoms. The maximum absolute atomic E-state index is 11.4. The molecule has 0 aromatic rings. The maximum atomic E-state index is 11.4. The van der Waals surface area contributed by atoms with Crippen LogP contribution in [0.2, 0.25) is 0 Å². The summed E-state index contributed by atoms with van der Waals surface area (Å²) in [4.78, 5) is 16.1. The Balaban J connectivity index is 1.68. The zero-order valence-corrected chi connectivity index (χ0v) is 13.5. The molecule has 2 aliphatic heterocycles. The van der Waals surface area contributed by atoms with Crippen LogP contribution in [0.1, 0.15) is 65.2 Å². The van der Waals surface area contributed by atoms with E-state index in [4.69, 9.17) is 0 Å². The Morgan fingerprint density at radius 1 is 0.950 bits per heavy atom. The number of likely N-dealkylation sites (tertiary alicyclic amines) is 2. The van der Waals surface area contributed by atoms with E-state index in [1.165, 1.54) is 71.0 Å². The summed E-state index contributed by atoms with van der Waals surface area (Å²) in [5, 5.41) is 0. The second kappa shape index (κ2) is 7.44. The van der Waals surface area contributed by atoms with E-state index >= 15 is 0 Å². The van der Waals surface area contributed by atoms with E-state index in [-0.39, 0.29) is 5.91 Å². The van der Waals surface area contributed by atoms with E-state index in [1.54, 1.807) is 6.92 Å². The molecule has 0 radical (unpaired) electrons. The minimum atomic E-state index is 0.258. The van der Waals surface area contributed by atoms with Crippen LogP contribution in [0.25, 0.3) is 0 Å². The average molecular weight is 280 g/mol. The Kier molecular flexibility index (Phi) is 5.88. The summed E-state index contributed by atoms with van der Waals surface area (Å²) in [6.07, 6.45) is 10.7. The van der Waals surface area contributed by atoms with E-state index in [0.717, 1.165) is 13.1 Å². The van der Waals surface area contributed by atoms with Crippen molar-refractivity contribution in [3.05, 3.63) is 0 Å². The molecule has 0 unspecified atom stereocenters. The van der Waals surface area contributed by atoms with Crippen LogP contribution in [0.4, 0.5) is 0 Å². The maximum Gasteiger partial charge on any atom is 0.219 e. The third kappa shape index (κ3) is 4.21. The molecule has 0 bridgehead atoms. The van der Waals surface area contributed by atoms with Gasteiger partial charge in [0.2, 0.25) is 5.91 Å². The molecule has 0 N–H and O–H groups in total. The van der Waals surface area contributed by atoms with Crippen molar-refractivity contribution in [2.75, 3.05) is 32.7 Å². The van der Waals surface area contributed by atoms with Gasteiger partial charge in [0.25, 0.3) is 0 Å². The Bertz CT molecular complexity index is 298. The first-order chi connectivity index (χ1) is 9.65. The molecule has 0 saturated carbocycles. The van der Waals surface area contributed by atoms with E-state index in [1.807, 2.05) is 4.90 Å². The molecule has 0 atom stereocenters. The van der Waals surface area contributed by atoms with Crippen LogP contribution in [0.5, 0.6) is 0 Å². The summed E-state index contributed by atoms with van der Waals surface area (Å²) in [5.41, 5.74) is 0.561. The highest BCUT2D eigenvalue weighted by Crippen LogP contribution is 2.41. The highest BCUT2D eigenvalue weighted by atomic mass is 16.2. The number of nitrogens with zero attached hydrogens (tertiary/aromatic N) is 2. The molecule has 2 heterocycles. The van der Waals surface area contributed by atoms with E-state index < -0.39 is 0 Å². The first kappa shape index (κ1) is 15.8. The molecule has 2 saturated heterocycles. The molecule has 2 fully saturated rings. The molecule has 116 valence electrons. The van der Waals surface area contributed by atoms with Crippen molar-refractivity contribution in [1.82, 2.24) is 9.80 Å². The Hall–Kier alpha value is -0.570. The number of piperidine rings is 2. The van der Waals surface area contributed by atoms with Gasteiger partial charge >= 0.3 is 0 Å². The second-order valence-electron chi connectivity index (χ2n) is 6.91. The van der Waals surface area contributed by atoms with Gasteiger partial charge in [-0.3, -0.25) is 4.79 Å². The predicted octanol–water partition coefficient (Wildman–Crippen LogP) is 3.29. The van der Waals surface area contributed by atoms with Gasteiger partial charge < -0.3 is 9.80 Å². The molecule has 0 aliphatic carbocycles. The van der Waals surface area contributed by atoms with Crippen LogP contribution in [0, 0.1) is 5.41 Å². The summed E-state index contributed by atoms with van der Waals surface area (Å²) in [6, 6.07) is 0. The largest absolute Gasteiger partial charge is 0.343 e. The molecule has 2 rings (SSSR count). The molecule has 1 spiro atoms. The van der Waals surface area contributed by atoms with Crippen molar-refractivity contribution < 1.29 is 4.79 Å². The quantitative estimate of drug-likeness (QED) is 0.722. The molecule has 3 heteroatoms. The number of hydrogen-bond acceptors (Lipinski definition) is 2. The van der Waals surface area contributed by atoms with Crippen LogP contribution in [0.15, 0.2) is 0 Å². The van der Waals surface area contributed by atoms with Crippen molar-refractivity contribution in [3.63, 3.8) is 0 Å². The lowest BCUT2D eigenvalue weighted by Gasteiger charge is -2.46. The third-order valence-corrected chi connectivity index (χ3v) is 5.51. The molecule has 2 aliphatic rings. The summed E-state index contributed by atoms with van der Waals surface area (Å²) >= 11 is 0. The van der Waals surface area contributed by atoms with Gasteiger partial charge in [-0.05, 0) is 57.2 Å². The minimum absolute atomic E-state index is 0.258. The minimum Gasteiger partial charge on any atom is -0.343 e. The molecule has 0 aromatic carbocycles. The van der Waals surface area contributed by atoms with Gasteiger partial charge in [-0.15, -0.1) is 0 Å². The second-order valence-corrected chi connectivity index (χ2v) is 6.91. The molecular formula is C17H32N2O. The fourth-order valence-corrected chi connectivity index (χ4v) is 3.81. The highest BCUT2D eigenvalue weighted by Gasteiger charge is 2.37. The molecular weight excluding hydrogens is 248 g/mol. The van der Waals surface area contributed by atoms with Gasteiger partial charge in [0.1, 0.15) is 0 Å². The van der Waals surface area contributed by atoms with Crippen molar-refractivity contribution >= 4 is 5.91 Å². The molecule has 3 nitrogen and oxygen atoms in total. The Morgan fingerprint density at radius 2 is 1.55 bits per heavy atom. The van der Waals surface area contributed by atoms with Gasteiger partial charge in [-0.2, -0.15) is 0 Å². The Morgan fingerprint density at radius 3 is 2.10 bits per heavy atom. The van der Waals surface area contributed by atoms with Crippen LogP contribution >= 0.6 is 0 Å². The smallest absolute Gasteiger partial charge is 0.219 e. The SMILES string of the molecule is CCCCCCN1CCC2(CC1)CCN(C(C)=O)CC2. The number of rotatable bonds is 5. The summed E-state index contributed by atoms with van der Waals surface area (Å²) in [5.74, 6) is 0.258. The van der Waals surface area contributed by atoms with Crippen LogP contribution in [-0.4, -0.2) is 48.4 Å². The fourth-order valence-electron chi connectivity index (χ4n) is 3.81. The van der Waals surface area contributed by atoms with Crippen LogP contribution in [0.3, 0.4) is 0 Å². The lowest BCUT2D eigenvalue weighted by Crippen LogP contribution is -2.47. The molecule has 0 aromatic heterocycles. The normalized spacial score (nSPS) is 23.2. The monoisotopic (exact) mass is 280 g/mol. The van der Waals surface area contributed by atoms with E-state index in [2.05, 4.69) is 11.8 Å². The number of carbonyl (C=O) groups is 1. The number of amides is 1. The van der Waals surface area contributed by atoms with Gasteiger partial charge in [0.15, 0.2) is 0 Å². The predicted molar refractivity (Wildman–Crippen MR) is 83.7 cm³/mol. The lowest BCUT2D eigenvalue weighted by atomic mass is 9.71. The van der Waals surface area contributed by atoms with Gasteiger partial charge in [0.05, 0.1) is 0 Å². The van der Waals surface area contributed by atoms with Crippen molar-refractivity contribution in [3.8, 4) is 0 Å². The first-order valence-electron chi connectivity index (χ1n) is 8.63. The van der Waals surface area contributed by atoms with Crippen LogP contribution in [-0.2, 0) is 4.79 Å². The van der Waals surface area contributed by atoms with Gasteiger partial charge in [-0.25, -0.2) is 0 Å². The summed E-state index contributed by atoms with van der Waals surface area (Å²) in [6.45, 7) is 9.83. The van der Waals surface area contributed by atoms with E-state index in [0.29, 0.717) is 5.41 Å². The zero-order chi connectivity index (χ0) is 14.4.